The Morgan fingerprint density at radius 3 is 3.00 bits per heavy atom. The van der Waals surface area contributed by atoms with Crippen LogP contribution < -0.4 is 10.6 Å². The fraction of sp³-hybridized carbons (Fsp3) is 0.529. The van der Waals surface area contributed by atoms with Gasteiger partial charge in [-0.1, -0.05) is 17.8 Å². The molecular formula is C17H23N3O4S2. The Morgan fingerprint density at radius 2 is 2.23 bits per heavy atom. The summed E-state index contributed by atoms with van der Waals surface area (Å²) in [5.41, 5.74) is 1.33. The number of nitrogens with one attached hydrogen (secondary N) is 2. The first-order valence-electron chi connectivity index (χ1n) is 8.65. The number of thioether (sulfide) groups is 1. The number of sulfone groups is 1. The SMILES string of the molecule is CCOCCCNC(=O)c1cccc(NC2=N[C@H]3CS(=O)(=O)C[C@H]3S2)c1. The number of amides is 1. The van der Waals surface area contributed by atoms with Crippen LogP contribution in [0.1, 0.15) is 23.7 Å². The zero-order valence-corrected chi connectivity index (χ0v) is 16.2. The number of anilines is 1. The van der Waals surface area contributed by atoms with Gasteiger partial charge in [-0.15, -0.1) is 0 Å². The number of carbonyl (C=O) groups excluding carboxylic acids is 1. The fourth-order valence-corrected chi connectivity index (χ4v) is 6.58. The number of fused-ring (bicyclic) bond motifs is 1. The van der Waals surface area contributed by atoms with Crippen molar-refractivity contribution in [3.05, 3.63) is 29.8 Å². The maximum absolute atomic E-state index is 12.2. The summed E-state index contributed by atoms with van der Waals surface area (Å²) in [6.07, 6.45) is 0.774. The van der Waals surface area contributed by atoms with Gasteiger partial charge in [0.05, 0.1) is 17.5 Å². The van der Waals surface area contributed by atoms with Crippen LogP contribution in [0.4, 0.5) is 5.69 Å². The number of nitrogens with zero attached hydrogens (tertiary/aromatic N) is 1. The normalized spacial score (nSPS) is 23.3. The lowest BCUT2D eigenvalue weighted by Crippen LogP contribution is -2.25. The largest absolute Gasteiger partial charge is 0.382 e. The monoisotopic (exact) mass is 397 g/mol. The minimum Gasteiger partial charge on any atom is -0.382 e. The van der Waals surface area contributed by atoms with Crippen LogP contribution in [0.25, 0.3) is 0 Å². The summed E-state index contributed by atoms with van der Waals surface area (Å²) < 4.78 is 28.5. The van der Waals surface area contributed by atoms with E-state index in [0.717, 1.165) is 12.1 Å². The number of ether oxygens (including phenoxy) is 1. The molecule has 0 saturated carbocycles. The molecule has 1 saturated heterocycles. The molecule has 0 aliphatic carbocycles. The van der Waals surface area contributed by atoms with E-state index in [1.807, 2.05) is 19.1 Å². The molecule has 2 heterocycles. The zero-order chi connectivity index (χ0) is 18.6. The van der Waals surface area contributed by atoms with Gasteiger partial charge in [0.2, 0.25) is 0 Å². The van der Waals surface area contributed by atoms with Gasteiger partial charge < -0.3 is 15.4 Å². The molecule has 2 aliphatic rings. The van der Waals surface area contributed by atoms with Crippen molar-refractivity contribution in [3.63, 3.8) is 0 Å². The van der Waals surface area contributed by atoms with Crippen molar-refractivity contribution in [2.45, 2.75) is 24.6 Å². The van der Waals surface area contributed by atoms with Gasteiger partial charge in [0, 0.05) is 36.3 Å². The van der Waals surface area contributed by atoms with Crippen molar-refractivity contribution in [3.8, 4) is 0 Å². The summed E-state index contributed by atoms with van der Waals surface area (Å²) in [5.74, 6) is 0.176. The van der Waals surface area contributed by atoms with Crippen molar-refractivity contribution in [2.24, 2.45) is 4.99 Å². The van der Waals surface area contributed by atoms with Crippen molar-refractivity contribution in [1.82, 2.24) is 5.32 Å². The predicted molar refractivity (Wildman–Crippen MR) is 105 cm³/mol. The fourth-order valence-electron chi connectivity index (χ4n) is 2.90. The number of carbonyl (C=O) groups is 1. The van der Waals surface area contributed by atoms with Crippen LogP contribution >= 0.6 is 11.8 Å². The molecule has 0 aromatic heterocycles. The highest BCUT2D eigenvalue weighted by molar-refractivity contribution is 8.15. The third-order valence-corrected chi connectivity index (χ3v) is 7.29. The molecule has 0 radical (unpaired) electrons. The van der Waals surface area contributed by atoms with E-state index in [4.69, 9.17) is 4.74 Å². The van der Waals surface area contributed by atoms with Crippen molar-refractivity contribution in [1.29, 1.82) is 0 Å². The third-order valence-electron chi connectivity index (χ3n) is 4.15. The Hall–Kier alpha value is -1.58. The van der Waals surface area contributed by atoms with E-state index in [0.29, 0.717) is 30.5 Å². The zero-order valence-electron chi connectivity index (χ0n) is 14.6. The van der Waals surface area contributed by atoms with Crippen LogP contribution in [-0.4, -0.2) is 62.0 Å². The van der Waals surface area contributed by atoms with Gasteiger partial charge in [0.1, 0.15) is 0 Å². The summed E-state index contributed by atoms with van der Waals surface area (Å²) in [6, 6.07) is 7.03. The van der Waals surface area contributed by atoms with E-state index in [1.54, 1.807) is 12.1 Å². The Bertz CT molecular complexity index is 795. The number of aliphatic imine (C=N–C) groups is 1. The van der Waals surface area contributed by atoms with E-state index in [-0.39, 0.29) is 28.7 Å². The number of amidine groups is 1. The molecule has 1 aromatic rings. The molecule has 9 heteroatoms. The van der Waals surface area contributed by atoms with Crippen molar-refractivity contribution < 1.29 is 17.9 Å². The molecule has 1 amide bonds. The average Bonchev–Trinajstić information content (AvgIpc) is 3.07. The molecule has 7 nitrogen and oxygen atoms in total. The van der Waals surface area contributed by atoms with Crippen molar-refractivity contribution in [2.75, 3.05) is 36.6 Å². The second-order valence-electron chi connectivity index (χ2n) is 6.25. The summed E-state index contributed by atoms with van der Waals surface area (Å²) in [4.78, 5) is 16.7. The molecular weight excluding hydrogens is 374 g/mol. The van der Waals surface area contributed by atoms with E-state index in [1.165, 1.54) is 11.8 Å². The second-order valence-corrected chi connectivity index (χ2v) is 9.63. The highest BCUT2D eigenvalue weighted by Crippen LogP contribution is 2.34. The lowest BCUT2D eigenvalue weighted by Gasteiger charge is -2.09. The molecule has 1 fully saturated rings. The van der Waals surface area contributed by atoms with E-state index >= 15 is 0 Å². The van der Waals surface area contributed by atoms with Crippen LogP contribution in [-0.2, 0) is 14.6 Å². The van der Waals surface area contributed by atoms with Gasteiger partial charge in [-0.25, -0.2) is 8.42 Å². The molecule has 1 aromatic carbocycles. The van der Waals surface area contributed by atoms with E-state index < -0.39 is 9.84 Å². The molecule has 2 atom stereocenters. The minimum atomic E-state index is -2.95. The maximum Gasteiger partial charge on any atom is 0.251 e. The maximum atomic E-state index is 12.2. The predicted octanol–water partition coefficient (Wildman–Crippen LogP) is 1.52. The molecule has 3 rings (SSSR count). The number of benzene rings is 1. The first kappa shape index (κ1) is 19.2. The molecule has 2 aliphatic heterocycles. The quantitative estimate of drug-likeness (QED) is 0.677. The lowest BCUT2D eigenvalue weighted by atomic mass is 10.2. The van der Waals surface area contributed by atoms with E-state index in [9.17, 15) is 13.2 Å². The summed E-state index contributed by atoms with van der Waals surface area (Å²) in [6.45, 7) is 3.82. The van der Waals surface area contributed by atoms with Crippen LogP contribution in [0, 0.1) is 0 Å². The van der Waals surface area contributed by atoms with Gasteiger partial charge in [-0.3, -0.25) is 9.79 Å². The third kappa shape index (κ3) is 4.99. The molecule has 2 N–H and O–H groups in total. The van der Waals surface area contributed by atoms with Crippen molar-refractivity contribution >= 4 is 38.4 Å². The highest BCUT2D eigenvalue weighted by atomic mass is 32.2. The van der Waals surface area contributed by atoms with Crippen LogP contribution in [0.2, 0.25) is 0 Å². The van der Waals surface area contributed by atoms with Gasteiger partial charge in [0.15, 0.2) is 15.0 Å². The standard InChI is InChI=1S/C17H23N3O4S2/c1-2-24-8-4-7-18-16(21)12-5-3-6-13(9-12)19-17-20-14-10-26(22,23)11-15(14)25-17/h3,5-6,9,14-15H,2,4,7-8,10-11H2,1H3,(H,18,21)(H,19,20)/t14-,15+/m0/s1. The molecule has 142 valence electrons. The Kier molecular flexibility index (Phi) is 6.20. The number of hydrogen-bond acceptors (Lipinski definition) is 7. The van der Waals surface area contributed by atoms with Gasteiger partial charge >= 0.3 is 0 Å². The molecule has 0 unspecified atom stereocenters. The first-order chi connectivity index (χ1) is 12.5. The van der Waals surface area contributed by atoms with Gasteiger partial charge in [0.25, 0.3) is 5.91 Å². The first-order valence-corrected chi connectivity index (χ1v) is 11.3. The topological polar surface area (TPSA) is 96.9 Å². The summed E-state index contributed by atoms with van der Waals surface area (Å²) in [7, 11) is -2.95. The van der Waals surface area contributed by atoms with Crippen LogP contribution in [0.3, 0.4) is 0 Å². The van der Waals surface area contributed by atoms with Gasteiger partial charge in [-0.2, -0.15) is 0 Å². The van der Waals surface area contributed by atoms with Gasteiger partial charge in [-0.05, 0) is 31.5 Å². The Balaban J connectivity index is 1.54. The summed E-state index contributed by atoms with van der Waals surface area (Å²) >= 11 is 1.46. The Morgan fingerprint density at radius 1 is 1.38 bits per heavy atom. The molecule has 0 bridgehead atoms. The smallest absolute Gasteiger partial charge is 0.251 e. The average molecular weight is 398 g/mol. The second kappa shape index (κ2) is 8.41. The van der Waals surface area contributed by atoms with Crippen LogP contribution in [0.15, 0.2) is 29.3 Å². The lowest BCUT2D eigenvalue weighted by molar-refractivity contribution is 0.0944. The number of hydrogen-bond donors (Lipinski definition) is 2. The van der Waals surface area contributed by atoms with E-state index in [2.05, 4.69) is 15.6 Å². The Labute approximate surface area is 157 Å². The van der Waals surface area contributed by atoms with Crippen LogP contribution in [0.5, 0.6) is 0 Å². The number of rotatable bonds is 7. The summed E-state index contributed by atoms with van der Waals surface area (Å²) in [5, 5.41) is 6.78. The minimum absolute atomic E-state index is 0.000629. The molecule has 0 spiro atoms. The molecule has 26 heavy (non-hydrogen) atoms. The highest BCUT2D eigenvalue weighted by Gasteiger charge is 2.42.